The lowest BCUT2D eigenvalue weighted by molar-refractivity contribution is -0.119. The molecule has 1 unspecified atom stereocenters. The lowest BCUT2D eigenvalue weighted by Crippen LogP contribution is -2.53. The highest BCUT2D eigenvalue weighted by atomic mass is 16.2. The Morgan fingerprint density at radius 1 is 1.44 bits per heavy atom. The summed E-state index contributed by atoms with van der Waals surface area (Å²) in [6, 6.07) is 6.50. The van der Waals surface area contributed by atoms with Crippen LogP contribution in [0.25, 0.3) is 0 Å². The molecule has 3 amide bonds. The molecular formula is C12H16N4O2. The Bertz CT molecular complexity index is 489. The van der Waals surface area contributed by atoms with Crippen LogP contribution in [0.4, 0.5) is 10.5 Å². The van der Waals surface area contributed by atoms with E-state index in [1.165, 1.54) is 4.90 Å². The van der Waals surface area contributed by atoms with Crippen LogP contribution >= 0.6 is 0 Å². The molecule has 0 saturated heterocycles. The quantitative estimate of drug-likeness (QED) is 0.780. The molecule has 4 N–H and O–H groups in total. The van der Waals surface area contributed by atoms with Crippen LogP contribution in [0.5, 0.6) is 0 Å². The van der Waals surface area contributed by atoms with Gasteiger partial charge in [-0.15, -0.1) is 0 Å². The fourth-order valence-electron chi connectivity index (χ4n) is 2.00. The van der Waals surface area contributed by atoms with Gasteiger partial charge in [-0.2, -0.15) is 0 Å². The van der Waals surface area contributed by atoms with Crippen molar-refractivity contribution in [3.05, 3.63) is 29.8 Å². The van der Waals surface area contributed by atoms with Gasteiger partial charge in [0.25, 0.3) is 0 Å². The van der Waals surface area contributed by atoms with Gasteiger partial charge in [0.05, 0.1) is 12.2 Å². The summed E-state index contributed by atoms with van der Waals surface area (Å²) in [6.07, 6.45) is 0. The first-order valence-electron chi connectivity index (χ1n) is 5.66. The number of para-hydroxylation sites is 1. The normalized spacial score (nSPS) is 16.4. The standard InChI is InChI=1S/C12H16N4O2/c1-15-6-8-4-2-3-5-10(8)16(12(15)18)7-9(13)11(14)17/h2-5,9H,6-7,13H2,1H3,(H2,14,17). The summed E-state index contributed by atoms with van der Waals surface area (Å²) in [5, 5.41) is 0. The second-order valence-electron chi connectivity index (χ2n) is 4.39. The summed E-state index contributed by atoms with van der Waals surface area (Å²) < 4.78 is 0. The molecule has 1 atom stereocenters. The average Bonchev–Trinajstić information content (AvgIpc) is 2.34. The third-order valence-electron chi connectivity index (χ3n) is 2.99. The van der Waals surface area contributed by atoms with Crippen LogP contribution in [-0.2, 0) is 11.3 Å². The van der Waals surface area contributed by atoms with E-state index >= 15 is 0 Å². The van der Waals surface area contributed by atoms with E-state index in [-0.39, 0.29) is 12.6 Å². The molecule has 6 nitrogen and oxygen atoms in total. The molecule has 0 fully saturated rings. The number of nitrogens with zero attached hydrogens (tertiary/aromatic N) is 2. The summed E-state index contributed by atoms with van der Waals surface area (Å²) in [6.45, 7) is 0.646. The molecule has 1 aliphatic heterocycles. The minimum Gasteiger partial charge on any atom is -0.368 e. The van der Waals surface area contributed by atoms with Crippen LogP contribution in [0.2, 0.25) is 0 Å². The molecule has 0 bridgehead atoms. The van der Waals surface area contributed by atoms with Crippen molar-refractivity contribution < 1.29 is 9.59 Å². The molecule has 1 aromatic rings. The Hall–Kier alpha value is -2.08. The summed E-state index contributed by atoms with van der Waals surface area (Å²) in [4.78, 5) is 26.2. The average molecular weight is 248 g/mol. The van der Waals surface area contributed by atoms with Crippen molar-refractivity contribution in [3.8, 4) is 0 Å². The van der Waals surface area contributed by atoms with E-state index in [1.54, 1.807) is 11.9 Å². The monoisotopic (exact) mass is 248 g/mol. The number of benzene rings is 1. The van der Waals surface area contributed by atoms with E-state index in [1.807, 2.05) is 24.3 Å². The van der Waals surface area contributed by atoms with Gasteiger partial charge in [0, 0.05) is 13.6 Å². The number of nitrogens with two attached hydrogens (primary N) is 2. The zero-order valence-corrected chi connectivity index (χ0v) is 10.2. The number of carbonyl (C=O) groups excluding carboxylic acids is 2. The predicted molar refractivity (Wildman–Crippen MR) is 67.8 cm³/mol. The first kappa shape index (κ1) is 12.4. The van der Waals surface area contributed by atoms with Crippen molar-refractivity contribution in [2.75, 3.05) is 18.5 Å². The highest BCUT2D eigenvalue weighted by Gasteiger charge is 2.29. The van der Waals surface area contributed by atoms with Gasteiger partial charge < -0.3 is 16.4 Å². The number of hydrogen-bond acceptors (Lipinski definition) is 3. The SMILES string of the molecule is CN1Cc2ccccc2N(CC(N)C(N)=O)C1=O. The Labute approximate surface area is 105 Å². The molecular weight excluding hydrogens is 232 g/mol. The summed E-state index contributed by atoms with van der Waals surface area (Å²) >= 11 is 0. The number of rotatable bonds is 3. The van der Waals surface area contributed by atoms with E-state index < -0.39 is 11.9 Å². The van der Waals surface area contributed by atoms with Crippen LogP contribution in [0.1, 0.15) is 5.56 Å². The number of amides is 3. The highest BCUT2D eigenvalue weighted by molar-refractivity contribution is 5.95. The van der Waals surface area contributed by atoms with Crippen molar-refractivity contribution in [2.24, 2.45) is 11.5 Å². The largest absolute Gasteiger partial charge is 0.368 e. The van der Waals surface area contributed by atoms with Gasteiger partial charge in [0.1, 0.15) is 6.04 Å². The third kappa shape index (κ3) is 2.14. The number of primary amides is 1. The molecule has 1 aromatic carbocycles. The van der Waals surface area contributed by atoms with E-state index in [2.05, 4.69) is 0 Å². The lowest BCUT2D eigenvalue weighted by atomic mass is 10.1. The fourth-order valence-corrected chi connectivity index (χ4v) is 2.00. The van der Waals surface area contributed by atoms with E-state index in [0.29, 0.717) is 6.54 Å². The predicted octanol–water partition coefficient (Wildman–Crippen LogP) is -0.129. The number of hydrogen-bond donors (Lipinski definition) is 2. The Balaban J connectivity index is 2.32. The van der Waals surface area contributed by atoms with Gasteiger partial charge in [-0.3, -0.25) is 9.69 Å². The van der Waals surface area contributed by atoms with E-state index in [4.69, 9.17) is 11.5 Å². The van der Waals surface area contributed by atoms with Crippen LogP contribution in [0.3, 0.4) is 0 Å². The smallest absolute Gasteiger partial charge is 0.324 e. The molecule has 0 spiro atoms. The molecule has 1 aliphatic rings. The molecule has 0 radical (unpaired) electrons. The van der Waals surface area contributed by atoms with Crippen LogP contribution < -0.4 is 16.4 Å². The molecule has 18 heavy (non-hydrogen) atoms. The number of anilines is 1. The minimum absolute atomic E-state index is 0.0928. The zero-order valence-electron chi connectivity index (χ0n) is 10.2. The van der Waals surface area contributed by atoms with Gasteiger partial charge in [0.2, 0.25) is 5.91 Å². The molecule has 96 valence electrons. The molecule has 0 aromatic heterocycles. The van der Waals surface area contributed by atoms with Gasteiger partial charge in [-0.05, 0) is 11.6 Å². The van der Waals surface area contributed by atoms with Crippen molar-refractivity contribution in [2.45, 2.75) is 12.6 Å². The molecule has 6 heteroatoms. The maximum absolute atomic E-state index is 12.1. The molecule has 0 aliphatic carbocycles. The second-order valence-corrected chi connectivity index (χ2v) is 4.39. The Morgan fingerprint density at radius 3 is 2.78 bits per heavy atom. The zero-order chi connectivity index (χ0) is 13.3. The van der Waals surface area contributed by atoms with Crippen molar-refractivity contribution >= 4 is 17.6 Å². The van der Waals surface area contributed by atoms with Crippen LogP contribution in [-0.4, -0.2) is 36.5 Å². The van der Waals surface area contributed by atoms with Crippen molar-refractivity contribution in [3.63, 3.8) is 0 Å². The number of fused-ring (bicyclic) bond motifs is 1. The lowest BCUT2D eigenvalue weighted by Gasteiger charge is -2.35. The van der Waals surface area contributed by atoms with Crippen molar-refractivity contribution in [1.29, 1.82) is 0 Å². The Morgan fingerprint density at radius 2 is 2.11 bits per heavy atom. The van der Waals surface area contributed by atoms with Gasteiger partial charge >= 0.3 is 6.03 Å². The van der Waals surface area contributed by atoms with E-state index in [0.717, 1.165) is 11.3 Å². The maximum atomic E-state index is 12.1. The Kier molecular flexibility index (Phi) is 3.20. The van der Waals surface area contributed by atoms with Gasteiger partial charge in [0.15, 0.2) is 0 Å². The molecule has 2 rings (SSSR count). The summed E-state index contributed by atoms with van der Waals surface area (Å²) in [7, 11) is 1.71. The molecule has 0 saturated carbocycles. The van der Waals surface area contributed by atoms with Gasteiger partial charge in [-0.25, -0.2) is 4.79 Å². The maximum Gasteiger partial charge on any atom is 0.324 e. The van der Waals surface area contributed by atoms with Crippen molar-refractivity contribution in [1.82, 2.24) is 4.90 Å². The summed E-state index contributed by atoms with van der Waals surface area (Å²) in [5.74, 6) is -0.617. The first-order valence-corrected chi connectivity index (χ1v) is 5.66. The van der Waals surface area contributed by atoms with E-state index in [9.17, 15) is 9.59 Å². The number of urea groups is 1. The summed E-state index contributed by atoms with van der Waals surface area (Å²) in [5.41, 5.74) is 12.6. The fraction of sp³-hybridized carbons (Fsp3) is 0.333. The third-order valence-corrected chi connectivity index (χ3v) is 2.99. The second kappa shape index (κ2) is 4.66. The van der Waals surface area contributed by atoms with Gasteiger partial charge in [-0.1, -0.05) is 18.2 Å². The highest BCUT2D eigenvalue weighted by Crippen LogP contribution is 2.27. The topological polar surface area (TPSA) is 92.7 Å². The van der Waals surface area contributed by atoms with Crippen LogP contribution in [0.15, 0.2) is 24.3 Å². The number of carbonyl (C=O) groups is 2. The minimum atomic E-state index is -0.867. The molecule has 1 heterocycles. The first-order chi connectivity index (χ1) is 8.50. The van der Waals surface area contributed by atoms with Crippen LogP contribution in [0, 0.1) is 0 Å².